The molecular formula is C5H12BN2O. The zero-order valence-electron chi connectivity index (χ0n) is 6.06. The topological polar surface area (TPSA) is 41.1 Å². The Bertz CT molecular complexity index is 95.0. The third-order valence-electron chi connectivity index (χ3n) is 0.692. The van der Waals surface area contributed by atoms with Crippen molar-refractivity contribution in [1.29, 1.82) is 0 Å². The second kappa shape index (κ2) is 4.38. The van der Waals surface area contributed by atoms with E-state index < -0.39 is 0 Å². The summed E-state index contributed by atoms with van der Waals surface area (Å²) < 4.78 is 0. The van der Waals surface area contributed by atoms with Crippen molar-refractivity contribution in [2.45, 2.75) is 26.8 Å². The molecule has 0 spiro atoms. The summed E-state index contributed by atoms with van der Waals surface area (Å²) in [5.74, 6) is -0.0526. The van der Waals surface area contributed by atoms with E-state index >= 15 is 0 Å². The van der Waals surface area contributed by atoms with Gasteiger partial charge in [-0.05, 0) is 6.04 Å². The average molecular weight is 127 g/mol. The Balaban J connectivity index is 3.01. The molecule has 51 valence electrons. The molecule has 0 saturated carbocycles. The maximum atomic E-state index is 10.2. The van der Waals surface area contributed by atoms with Gasteiger partial charge in [-0.2, -0.15) is 0 Å². The smallest absolute Gasteiger partial charge is 0.348 e. The minimum absolute atomic E-state index is 0.0526. The molecule has 0 unspecified atom stereocenters. The predicted octanol–water partition coefficient (Wildman–Crippen LogP) is -0.345. The van der Waals surface area contributed by atoms with Crippen LogP contribution in [0.3, 0.4) is 0 Å². The highest BCUT2D eigenvalue weighted by molar-refractivity contribution is 6.33. The van der Waals surface area contributed by atoms with Gasteiger partial charge in [0.15, 0.2) is 0 Å². The van der Waals surface area contributed by atoms with Crippen molar-refractivity contribution in [3.63, 3.8) is 0 Å². The molecule has 9 heavy (non-hydrogen) atoms. The highest BCUT2D eigenvalue weighted by atomic mass is 16.1. The van der Waals surface area contributed by atoms with Crippen LogP contribution in [-0.4, -0.2) is 19.5 Å². The molecule has 0 aromatic heterocycles. The summed E-state index contributed by atoms with van der Waals surface area (Å²) in [6, 6.07) is 0.372. The SMILES string of the molecule is CC(=O)N[B]NC(C)C. The standard InChI is InChI=1S/C5H12BN2O/c1-4(2)7-6-8-5(3)9/h4,7H,1-3H3,(H,8,9). The molecule has 0 atom stereocenters. The first-order valence-corrected chi connectivity index (χ1v) is 2.97. The van der Waals surface area contributed by atoms with Gasteiger partial charge in [-0.3, -0.25) is 4.79 Å². The van der Waals surface area contributed by atoms with Gasteiger partial charge >= 0.3 is 7.55 Å². The zero-order valence-corrected chi connectivity index (χ0v) is 6.06. The normalized spacial score (nSPS) is 9.33. The fourth-order valence-corrected chi connectivity index (χ4v) is 0.310. The van der Waals surface area contributed by atoms with Crippen LogP contribution in [0.15, 0.2) is 0 Å². The van der Waals surface area contributed by atoms with Gasteiger partial charge in [-0.15, -0.1) is 0 Å². The van der Waals surface area contributed by atoms with E-state index in [1.807, 2.05) is 13.8 Å². The summed E-state index contributed by atoms with van der Waals surface area (Å²) in [5, 5.41) is 5.42. The highest BCUT2D eigenvalue weighted by Crippen LogP contribution is 1.69. The number of hydrogen-bond acceptors (Lipinski definition) is 2. The molecule has 0 aliphatic carbocycles. The minimum atomic E-state index is -0.0526. The Kier molecular flexibility index (Phi) is 4.14. The molecule has 2 N–H and O–H groups in total. The van der Waals surface area contributed by atoms with Crippen molar-refractivity contribution < 1.29 is 4.79 Å². The zero-order chi connectivity index (χ0) is 7.28. The van der Waals surface area contributed by atoms with Crippen molar-refractivity contribution in [1.82, 2.24) is 10.5 Å². The summed E-state index contributed by atoms with van der Waals surface area (Å²) in [6.45, 7) is 5.47. The Hall–Kier alpha value is -0.505. The average Bonchev–Trinajstić information content (AvgIpc) is 1.63. The third-order valence-corrected chi connectivity index (χ3v) is 0.692. The second-order valence-corrected chi connectivity index (χ2v) is 2.17. The van der Waals surface area contributed by atoms with E-state index in [0.717, 1.165) is 0 Å². The summed E-state index contributed by atoms with van der Waals surface area (Å²) >= 11 is 0. The molecule has 0 bridgehead atoms. The molecule has 0 aliphatic rings. The first-order chi connectivity index (χ1) is 4.13. The lowest BCUT2D eigenvalue weighted by Crippen LogP contribution is -2.39. The Morgan fingerprint density at radius 1 is 1.56 bits per heavy atom. The van der Waals surface area contributed by atoms with Gasteiger partial charge < -0.3 is 10.5 Å². The maximum Gasteiger partial charge on any atom is 0.348 e. The van der Waals surface area contributed by atoms with E-state index in [1.165, 1.54) is 6.92 Å². The van der Waals surface area contributed by atoms with Crippen molar-refractivity contribution >= 4 is 13.5 Å². The van der Waals surface area contributed by atoms with E-state index in [2.05, 4.69) is 10.5 Å². The van der Waals surface area contributed by atoms with Crippen molar-refractivity contribution in [2.24, 2.45) is 0 Å². The molecule has 0 aliphatic heterocycles. The van der Waals surface area contributed by atoms with Crippen LogP contribution < -0.4 is 10.5 Å². The molecular weight excluding hydrogens is 115 g/mol. The van der Waals surface area contributed by atoms with Gasteiger partial charge in [0, 0.05) is 6.92 Å². The molecule has 0 rings (SSSR count). The Morgan fingerprint density at radius 2 is 2.11 bits per heavy atom. The van der Waals surface area contributed by atoms with Crippen LogP contribution in [0.25, 0.3) is 0 Å². The summed E-state index contributed by atoms with van der Waals surface area (Å²) in [7, 11) is 1.55. The monoisotopic (exact) mass is 127 g/mol. The van der Waals surface area contributed by atoms with Crippen LogP contribution in [0.1, 0.15) is 20.8 Å². The third kappa shape index (κ3) is 7.49. The van der Waals surface area contributed by atoms with Crippen molar-refractivity contribution in [2.75, 3.05) is 0 Å². The molecule has 4 heteroatoms. The maximum absolute atomic E-state index is 10.2. The number of carbonyl (C=O) groups excluding carboxylic acids is 1. The van der Waals surface area contributed by atoms with Gasteiger partial charge in [0.2, 0.25) is 5.91 Å². The molecule has 0 aromatic carbocycles. The molecule has 3 nitrogen and oxygen atoms in total. The quantitative estimate of drug-likeness (QED) is 0.509. The van der Waals surface area contributed by atoms with Crippen LogP contribution in [0.2, 0.25) is 0 Å². The van der Waals surface area contributed by atoms with E-state index in [1.54, 1.807) is 7.55 Å². The summed E-state index contributed by atoms with van der Waals surface area (Å²) in [4.78, 5) is 10.2. The van der Waals surface area contributed by atoms with Gasteiger partial charge in [0.1, 0.15) is 0 Å². The number of nitrogens with one attached hydrogen (secondary N) is 2. The summed E-state index contributed by atoms with van der Waals surface area (Å²) in [5.41, 5.74) is 0. The van der Waals surface area contributed by atoms with E-state index in [0.29, 0.717) is 6.04 Å². The number of hydrogen-bond donors (Lipinski definition) is 2. The fraction of sp³-hybridized carbons (Fsp3) is 0.800. The Labute approximate surface area is 56.5 Å². The van der Waals surface area contributed by atoms with Gasteiger partial charge in [-0.25, -0.2) is 0 Å². The fourth-order valence-electron chi connectivity index (χ4n) is 0.310. The van der Waals surface area contributed by atoms with Crippen LogP contribution in [-0.2, 0) is 4.79 Å². The number of amides is 1. The second-order valence-electron chi connectivity index (χ2n) is 2.17. The number of carbonyl (C=O) groups is 1. The van der Waals surface area contributed by atoms with E-state index in [4.69, 9.17) is 0 Å². The highest BCUT2D eigenvalue weighted by Gasteiger charge is 1.94. The first-order valence-electron chi connectivity index (χ1n) is 2.97. The predicted molar refractivity (Wildman–Crippen MR) is 37.8 cm³/mol. The molecule has 1 amide bonds. The molecule has 0 fully saturated rings. The van der Waals surface area contributed by atoms with Crippen molar-refractivity contribution in [3.8, 4) is 0 Å². The molecule has 0 saturated heterocycles. The van der Waals surface area contributed by atoms with Crippen LogP contribution >= 0.6 is 0 Å². The van der Waals surface area contributed by atoms with Gasteiger partial charge in [0.05, 0.1) is 0 Å². The van der Waals surface area contributed by atoms with E-state index in [-0.39, 0.29) is 5.91 Å². The lowest BCUT2D eigenvalue weighted by molar-refractivity contribution is -0.117. The summed E-state index contributed by atoms with van der Waals surface area (Å²) in [6.07, 6.45) is 0. The van der Waals surface area contributed by atoms with Crippen LogP contribution in [0, 0.1) is 0 Å². The van der Waals surface area contributed by atoms with Crippen molar-refractivity contribution in [3.05, 3.63) is 0 Å². The van der Waals surface area contributed by atoms with Gasteiger partial charge in [0.25, 0.3) is 0 Å². The molecule has 1 radical (unpaired) electrons. The minimum Gasteiger partial charge on any atom is -0.388 e. The van der Waals surface area contributed by atoms with Crippen LogP contribution in [0.4, 0.5) is 0 Å². The lowest BCUT2D eigenvalue weighted by Gasteiger charge is -2.04. The van der Waals surface area contributed by atoms with E-state index in [9.17, 15) is 4.79 Å². The lowest BCUT2D eigenvalue weighted by atomic mass is 10.1. The largest absolute Gasteiger partial charge is 0.388 e. The number of rotatable bonds is 3. The molecule has 0 heterocycles. The Morgan fingerprint density at radius 3 is 2.44 bits per heavy atom. The van der Waals surface area contributed by atoms with Crippen LogP contribution in [0.5, 0.6) is 0 Å². The first kappa shape index (κ1) is 8.49. The van der Waals surface area contributed by atoms with Gasteiger partial charge in [-0.1, -0.05) is 13.8 Å². The molecule has 0 aromatic rings.